The summed E-state index contributed by atoms with van der Waals surface area (Å²) in [6, 6.07) is 10.7. The van der Waals surface area contributed by atoms with Crippen molar-refractivity contribution in [1.29, 1.82) is 0 Å². The molecule has 0 unspecified atom stereocenters. The number of piperidine rings is 1. The van der Waals surface area contributed by atoms with Gasteiger partial charge in [0.1, 0.15) is 12.3 Å². The molecule has 10 nitrogen and oxygen atoms in total. The Morgan fingerprint density at radius 3 is 2.53 bits per heavy atom. The predicted molar refractivity (Wildman–Crippen MR) is 125 cm³/mol. The number of benzene rings is 2. The number of nitrogens with zero attached hydrogens (tertiary/aromatic N) is 3. The normalized spacial score (nSPS) is 15.6. The molecule has 2 aliphatic rings. The van der Waals surface area contributed by atoms with Crippen LogP contribution in [0.15, 0.2) is 48.5 Å². The van der Waals surface area contributed by atoms with Crippen molar-refractivity contribution < 1.29 is 24.0 Å². The molecule has 176 valence electrons. The van der Waals surface area contributed by atoms with E-state index in [2.05, 4.69) is 5.32 Å². The van der Waals surface area contributed by atoms with E-state index in [1.165, 1.54) is 29.2 Å². The topological polar surface area (TPSA) is 122 Å². The number of hydrogen-bond acceptors (Lipinski definition) is 6. The van der Waals surface area contributed by atoms with Crippen LogP contribution in [-0.2, 0) is 14.4 Å². The van der Waals surface area contributed by atoms with Crippen LogP contribution in [0.25, 0.3) is 6.08 Å². The van der Waals surface area contributed by atoms with Crippen LogP contribution in [0.4, 0.5) is 17.1 Å². The molecule has 0 atom stereocenters. The number of anilines is 2. The largest absolute Gasteiger partial charge is 0.482 e. The number of likely N-dealkylation sites (tertiary alicyclic amines) is 1. The van der Waals surface area contributed by atoms with Gasteiger partial charge in [-0.15, -0.1) is 0 Å². The Bertz CT molecular complexity index is 1140. The standard InChI is InChI=1S/C24H24N4O6/c29-22(11-6-17-4-8-19(9-5-17)28(32)33)25-18-7-10-21-20(14-18)27(24(31)16-34-21)15-23(30)26-12-2-1-3-13-26/h4-11,14H,1-3,12-13,15-16H2,(H,25,29)/b11-6+. The third-order valence-electron chi connectivity index (χ3n) is 5.70. The quantitative estimate of drug-likeness (QED) is 0.398. The summed E-state index contributed by atoms with van der Waals surface area (Å²) in [6.07, 6.45) is 5.87. The van der Waals surface area contributed by atoms with E-state index in [1.54, 1.807) is 35.2 Å². The zero-order valence-corrected chi connectivity index (χ0v) is 18.4. The highest BCUT2D eigenvalue weighted by atomic mass is 16.6. The van der Waals surface area contributed by atoms with Crippen LogP contribution in [0.5, 0.6) is 5.75 Å². The molecule has 4 rings (SSSR count). The van der Waals surface area contributed by atoms with Gasteiger partial charge in [0.15, 0.2) is 6.61 Å². The molecule has 0 spiro atoms. The van der Waals surface area contributed by atoms with Crippen LogP contribution < -0.4 is 15.0 Å². The number of fused-ring (bicyclic) bond motifs is 1. The minimum Gasteiger partial charge on any atom is -0.482 e. The van der Waals surface area contributed by atoms with Gasteiger partial charge in [-0.3, -0.25) is 29.4 Å². The van der Waals surface area contributed by atoms with Crippen LogP contribution in [0.3, 0.4) is 0 Å². The Hall–Kier alpha value is -4.21. The summed E-state index contributed by atoms with van der Waals surface area (Å²) in [5.41, 5.74) is 1.47. The van der Waals surface area contributed by atoms with Crippen LogP contribution in [0.2, 0.25) is 0 Å². The van der Waals surface area contributed by atoms with Crippen LogP contribution >= 0.6 is 0 Å². The highest BCUT2D eigenvalue weighted by molar-refractivity contribution is 6.05. The molecular weight excluding hydrogens is 440 g/mol. The minimum absolute atomic E-state index is 0.0317. The molecule has 0 aliphatic carbocycles. The van der Waals surface area contributed by atoms with Gasteiger partial charge in [0, 0.05) is 37.0 Å². The van der Waals surface area contributed by atoms with Crippen LogP contribution in [-0.4, -0.2) is 53.8 Å². The number of carbonyl (C=O) groups is 3. The van der Waals surface area contributed by atoms with Gasteiger partial charge in [0.25, 0.3) is 11.6 Å². The van der Waals surface area contributed by atoms with Gasteiger partial charge < -0.3 is 15.0 Å². The molecule has 2 aromatic carbocycles. The number of amides is 3. The second-order valence-corrected chi connectivity index (χ2v) is 8.06. The third-order valence-corrected chi connectivity index (χ3v) is 5.70. The van der Waals surface area contributed by atoms with E-state index in [1.807, 2.05) is 0 Å². The average molecular weight is 464 g/mol. The summed E-state index contributed by atoms with van der Waals surface area (Å²) < 4.78 is 5.49. The van der Waals surface area contributed by atoms with E-state index in [0.717, 1.165) is 19.3 Å². The molecule has 0 aromatic heterocycles. The first kappa shape index (κ1) is 23.0. The average Bonchev–Trinajstić information content (AvgIpc) is 2.85. The summed E-state index contributed by atoms with van der Waals surface area (Å²) in [7, 11) is 0. The number of nitro groups is 1. The van der Waals surface area contributed by atoms with Crippen molar-refractivity contribution in [3.05, 3.63) is 64.2 Å². The smallest absolute Gasteiger partial charge is 0.269 e. The Morgan fingerprint density at radius 2 is 1.82 bits per heavy atom. The first-order valence-corrected chi connectivity index (χ1v) is 11.0. The molecule has 34 heavy (non-hydrogen) atoms. The summed E-state index contributed by atoms with van der Waals surface area (Å²) >= 11 is 0. The lowest BCUT2D eigenvalue weighted by Gasteiger charge is -2.33. The van der Waals surface area contributed by atoms with Crippen molar-refractivity contribution >= 4 is 40.9 Å². The van der Waals surface area contributed by atoms with Gasteiger partial charge in [-0.2, -0.15) is 0 Å². The SMILES string of the molecule is O=C(/C=C/c1ccc([N+](=O)[O-])cc1)Nc1ccc2c(c1)N(CC(=O)N1CCCCC1)C(=O)CO2. The van der Waals surface area contributed by atoms with E-state index in [9.17, 15) is 24.5 Å². The first-order chi connectivity index (χ1) is 16.4. The van der Waals surface area contributed by atoms with E-state index in [4.69, 9.17) is 4.74 Å². The predicted octanol–water partition coefficient (Wildman–Crippen LogP) is 2.98. The molecule has 2 aromatic rings. The number of nitro benzene ring substituents is 1. The van der Waals surface area contributed by atoms with Gasteiger partial charge in [-0.1, -0.05) is 0 Å². The maximum Gasteiger partial charge on any atom is 0.269 e. The third kappa shape index (κ3) is 5.40. The number of ether oxygens (including phenoxy) is 1. The highest BCUT2D eigenvalue weighted by Gasteiger charge is 2.29. The molecule has 10 heteroatoms. The lowest BCUT2D eigenvalue weighted by molar-refractivity contribution is -0.384. The summed E-state index contributed by atoms with van der Waals surface area (Å²) in [6.45, 7) is 1.17. The fourth-order valence-corrected chi connectivity index (χ4v) is 3.89. The van der Waals surface area contributed by atoms with Crippen molar-refractivity contribution in [2.45, 2.75) is 19.3 Å². The van der Waals surface area contributed by atoms with E-state index < -0.39 is 10.8 Å². The van der Waals surface area contributed by atoms with Crippen molar-refractivity contribution in [3.8, 4) is 5.75 Å². The van der Waals surface area contributed by atoms with E-state index in [0.29, 0.717) is 35.8 Å². The fraction of sp³-hybridized carbons (Fsp3) is 0.292. The molecule has 2 heterocycles. The number of non-ortho nitro benzene ring substituents is 1. The van der Waals surface area contributed by atoms with Crippen LogP contribution in [0.1, 0.15) is 24.8 Å². The van der Waals surface area contributed by atoms with Crippen molar-refractivity contribution in [2.24, 2.45) is 0 Å². The molecule has 1 fully saturated rings. The zero-order chi connectivity index (χ0) is 24.1. The second-order valence-electron chi connectivity index (χ2n) is 8.06. The zero-order valence-electron chi connectivity index (χ0n) is 18.4. The molecule has 0 saturated carbocycles. The fourth-order valence-electron chi connectivity index (χ4n) is 3.89. The van der Waals surface area contributed by atoms with Gasteiger partial charge in [0.05, 0.1) is 10.6 Å². The molecule has 1 N–H and O–H groups in total. The van der Waals surface area contributed by atoms with Crippen molar-refractivity contribution in [2.75, 3.05) is 36.5 Å². The Morgan fingerprint density at radius 1 is 1.09 bits per heavy atom. The monoisotopic (exact) mass is 464 g/mol. The Balaban J connectivity index is 1.44. The van der Waals surface area contributed by atoms with Gasteiger partial charge in [-0.25, -0.2) is 0 Å². The summed E-state index contributed by atoms with van der Waals surface area (Å²) in [5.74, 6) is -0.386. The maximum atomic E-state index is 12.7. The second kappa shape index (κ2) is 10.2. The lowest BCUT2D eigenvalue weighted by atomic mass is 10.1. The molecule has 3 amide bonds. The number of hydrogen-bond donors (Lipinski definition) is 1. The number of nitrogens with one attached hydrogen (secondary N) is 1. The van der Waals surface area contributed by atoms with Crippen LogP contribution in [0, 0.1) is 10.1 Å². The molecule has 0 bridgehead atoms. The maximum absolute atomic E-state index is 12.7. The van der Waals surface area contributed by atoms with Gasteiger partial charge in [-0.05, 0) is 61.2 Å². The molecule has 0 radical (unpaired) electrons. The van der Waals surface area contributed by atoms with Gasteiger partial charge >= 0.3 is 0 Å². The van der Waals surface area contributed by atoms with Crippen molar-refractivity contribution in [3.63, 3.8) is 0 Å². The minimum atomic E-state index is -0.492. The highest BCUT2D eigenvalue weighted by Crippen LogP contribution is 2.34. The van der Waals surface area contributed by atoms with Crippen molar-refractivity contribution in [1.82, 2.24) is 4.90 Å². The number of carbonyl (C=O) groups excluding carboxylic acids is 3. The Labute approximate surface area is 195 Å². The van der Waals surface area contributed by atoms with Gasteiger partial charge in [0.2, 0.25) is 11.8 Å². The summed E-state index contributed by atoms with van der Waals surface area (Å²) in [4.78, 5) is 51.1. The molecule has 1 saturated heterocycles. The number of rotatable bonds is 6. The van der Waals surface area contributed by atoms with E-state index in [-0.39, 0.29) is 30.7 Å². The first-order valence-electron chi connectivity index (χ1n) is 11.0. The molecular formula is C24H24N4O6. The molecule has 2 aliphatic heterocycles. The summed E-state index contributed by atoms with van der Waals surface area (Å²) in [5, 5.41) is 13.5. The lowest BCUT2D eigenvalue weighted by Crippen LogP contribution is -2.47. The Kier molecular flexibility index (Phi) is 6.86. The van der Waals surface area contributed by atoms with E-state index >= 15 is 0 Å².